The molecular weight excluding hydrogens is 376 g/mol. The minimum absolute atomic E-state index is 0.183. The molecular formula is C21H24N2O4S. The van der Waals surface area contributed by atoms with Crippen molar-refractivity contribution in [2.75, 3.05) is 32.2 Å². The molecule has 0 aliphatic rings. The highest BCUT2D eigenvalue weighted by Crippen LogP contribution is 2.40. The molecule has 0 amide bonds. The molecule has 1 heterocycles. The standard InChI is InChI=1S/C21H24N2O4S/c1-5-23(6-2)21-16-12-18(26-3)19(27-4)13-17(16)22-14-20(21)28(24,25)15-10-8-7-9-11-15/h7-14H,5-6H2,1-4H3. The van der Waals surface area contributed by atoms with E-state index in [9.17, 15) is 8.42 Å². The van der Waals surface area contributed by atoms with E-state index in [1.54, 1.807) is 56.7 Å². The Balaban J connectivity index is 2.39. The fourth-order valence-corrected chi connectivity index (χ4v) is 4.73. The van der Waals surface area contributed by atoms with Gasteiger partial charge in [-0.2, -0.15) is 0 Å². The van der Waals surface area contributed by atoms with E-state index in [1.165, 1.54) is 6.20 Å². The number of hydrogen-bond donors (Lipinski definition) is 0. The molecule has 3 rings (SSSR count). The lowest BCUT2D eigenvalue weighted by Crippen LogP contribution is -2.24. The van der Waals surface area contributed by atoms with Gasteiger partial charge in [0.15, 0.2) is 11.5 Å². The van der Waals surface area contributed by atoms with Gasteiger partial charge in [0, 0.05) is 30.7 Å². The van der Waals surface area contributed by atoms with E-state index in [4.69, 9.17) is 9.47 Å². The molecule has 7 heteroatoms. The first kappa shape index (κ1) is 19.9. The van der Waals surface area contributed by atoms with Crippen molar-refractivity contribution in [3.63, 3.8) is 0 Å². The molecule has 0 unspecified atom stereocenters. The molecule has 0 atom stereocenters. The van der Waals surface area contributed by atoms with Gasteiger partial charge in [-0.1, -0.05) is 18.2 Å². The number of hydrogen-bond acceptors (Lipinski definition) is 6. The zero-order chi connectivity index (χ0) is 20.3. The predicted molar refractivity (Wildman–Crippen MR) is 110 cm³/mol. The van der Waals surface area contributed by atoms with Crippen LogP contribution < -0.4 is 14.4 Å². The number of nitrogens with zero attached hydrogens (tertiary/aromatic N) is 2. The lowest BCUT2D eigenvalue weighted by molar-refractivity contribution is 0.356. The number of benzene rings is 2. The number of anilines is 1. The number of methoxy groups -OCH3 is 2. The zero-order valence-corrected chi connectivity index (χ0v) is 17.3. The molecule has 2 aromatic carbocycles. The van der Waals surface area contributed by atoms with Crippen LogP contribution in [-0.2, 0) is 9.84 Å². The summed E-state index contributed by atoms with van der Waals surface area (Å²) >= 11 is 0. The molecule has 0 saturated heterocycles. The number of sulfone groups is 1. The SMILES string of the molecule is CCN(CC)c1c(S(=O)(=O)c2ccccc2)cnc2cc(OC)c(OC)cc12. The van der Waals surface area contributed by atoms with Gasteiger partial charge in [0.25, 0.3) is 0 Å². The van der Waals surface area contributed by atoms with Crippen LogP contribution in [0.3, 0.4) is 0 Å². The molecule has 0 bridgehead atoms. The molecule has 148 valence electrons. The first-order chi connectivity index (χ1) is 13.5. The second kappa shape index (κ2) is 8.06. The Morgan fingerprint density at radius 3 is 2.14 bits per heavy atom. The summed E-state index contributed by atoms with van der Waals surface area (Å²) in [5.41, 5.74) is 1.27. The lowest BCUT2D eigenvalue weighted by Gasteiger charge is -2.26. The van der Waals surface area contributed by atoms with Crippen LogP contribution in [-0.4, -0.2) is 40.7 Å². The Kier molecular flexibility index (Phi) is 5.74. The Labute approximate surface area is 165 Å². The van der Waals surface area contributed by atoms with E-state index in [1.807, 2.05) is 18.7 Å². The van der Waals surface area contributed by atoms with Crippen LogP contribution in [0.2, 0.25) is 0 Å². The molecule has 0 spiro atoms. The molecule has 0 saturated carbocycles. The lowest BCUT2D eigenvalue weighted by atomic mass is 10.1. The monoisotopic (exact) mass is 400 g/mol. The third kappa shape index (κ3) is 3.38. The Hall–Kier alpha value is -2.80. The minimum atomic E-state index is -3.74. The Morgan fingerprint density at radius 2 is 1.57 bits per heavy atom. The van der Waals surface area contributed by atoms with Crippen molar-refractivity contribution in [3.8, 4) is 11.5 Å². The number of fused-ring (bicyclic) bond motifs is 1. The van der Waals surface area contributed by atoms with Crippen molar-refractivity contribution < 1.29 is 17.9 Å². The van der Waals surface area contributed by atoms with E-state index in [0.29, 0.717) is 41.2 Å². The fourth-order valence-electron chi connectivity index (χ4n) is 3.28. The highest BCUT2D eigenvalue weighted by molar-refractivity contribution is 7.91. The van der Waals surface area contributed by atoms with Gasteiger partial charge >= 0.3 is 0 Å². The second-order valence-electron chi connectivity index (χ2n) is 6.18. The van der Waals surface area contributed by atoms with Crippen LogP contribution in [0.1, 0.15) is 13.8 Å². The summed E-state index contributed by atoms with van der Waals surface area (Å²) in [5, 5.41) is 0.707. The van der Waals surface area contributed by atoms with E-state index >= 15 is 0 Å². The molecule has 0 aliphatic carbocycles. The van der Waals surface area contributed by atoms with Crippen LogP contribution in [0, 0.1) is 0 Å². The topological polar surface area (TPSA) is 68.7 Å². The molecule has 0 aliphatic heterocycles. The number of pyridine rings is 1. The Morgan fingerprint density at radius 1 is 0.964 bits per heavy atom. The molecule has 0 N–H and O–H groups in total. The van der Waals surface area contributed by atoms with Gasteiger partial charge in [0.1, 0.15) is 4.90 Å². The maximum absolute atomic E-state index is 13.4. The molecule has 6 nitrogen and oxygen atoms in total. The summed E-state index contributed by atoms with van der Waals surface area (Å²) in [5.74, 6) is 1.08. The summed E-state index contributed by atoms with van der Waals surface area (Å²) in [7, 11) is -0.625. The third-order valence-electron chi connectivity index (χ3n) is 4.73. The van der Waals surface area contributed by atoms with Gasteiger partial charge in [-0.15, -0.1) is 0 Å². The van der Waals surface area contributed by atoms with Crippen molar-refractivity contribution in [2.45, 2.75) is 23.6 Å². The molecule has 1 aromatic heterocycles. The van der Waals surface area contributed by atoms with Gasteiger partial charge in [-0.05, 0) is 32.0 Å². The number of rotatable bonds is 7. The summed E-state index contributed by atoms with van der Waals surface area (Å²) < 4.78 is 37.6. The smallest absolute Gasteiger partial charge is 0.210 e. The van der Waals surface area contributed by atoms with Crippen LogP contribution in [0.15, 0.2) is 58.5 Å². The highest BCUT2D eigenvalue weighted by Gasteiger charge is 2.26. The maximum atomic E-state index is 13.4. The van der Waals surface area contributed by atoms with E-state index < -0.39 is 9.84 Å². The average Bonchev–Trinajstić information content (AvgIpc) is 2.74. The van der Waals surface area contributed by atoms with E-state index in [-0.39, 0.29) is 9.79 Å². The van der Waals surface area contributed by atoms with Crippen molar-refractivity contribution in [2.24, 2.45) is 0 Å². The average molecular weight is 401 g/mol. The van der Waals surface area contributed by atoms with Crippen molar-refractivity contribution >= 4 is 26.4 Å². The number of aromatic nitrogens is 1. The second-order valence-corrected chi connectivity index (χ2v) is 8.10. The van der Waals surface area contributed by atoms with Gasteiger partial charge in [0.05, 0.1) is 30.3 Å². The van der Waals surface area contributed by atoms with Crippen LogP contribution in [0.25, 0.3) is 10.9 Å². The van der Waals surface area contributed by atoms with Crippen LogP contribution >= 0.6 is 0 Å². The minimum Gasteiger partial charge on any atom is -0.493 e. The van der Waals surface area contributed by atoms with Gasteiger partial charge < -0.3 is 14.4 Å². The van der Waals surface area contributed by atoms with Crippen molar-refractivity contribution in [1.82, 2.24) is 4.98 Å². The largest absolute Gasteiger partial charge is 0.493 e. The molecule has 28 heavy (non-hydrogen) atoms. The highest BCUT2D eigenvalue weighted by atomic mass is 32.2. The van der Waals surface area contributed by atoms with Crippen molar-refractivity contribution in [3.05, 3.63) is 48.7 Å². The summed E-state index contributed by atoms with van der Waals surface area (Å²) in [6.07, 6.45) is 1.43. The van der Waals surface area contributed by atoms with Gasteiger partial charge in [0.2, 0.25) is 9.84 Å². The number of ether oxygens (including phenoxy) is 2. The molecule has 3 aromatic rings. The van der Waals surface area contributed by atoms with Gasteiger partial charge in [-0.25, -0.2) is 8.42 Å². The fraction of sp³-hybridized carbons (Fsp3) is 0.286. The molecule has 0 fully saturated rings. The quantitative estimate of drug-likeness (QED) is 0.599. The summed E-state index contributed by atoms with van der Waals surface area (Å²) in [6.45, 7) is 5.30. The zero-order valence-electron chi connectivity index (χ0n) is 16.5. The van der Waals surface area contributed by atoms with E-state index in [0.717, 1.165) is 0 Å². The Bertz CT molecular complexity index is 1080. The van der Waals surface area contributed by atoms with Crippen molar-refractivity contribution in [1.29, 1.82) is 0 Å². The maximum Gasteiger partial charge on any atom is 0.210 e. The summed E-state index contributed by atoms with van der Waals surface area (Å²) in [6, 6.07) is 12.0. The first-order valence-electron chi connectivity index (χ1n) is 9.07. The predicted octanol–water partition coefficient (Wildman–Crippen LogP) is 3.93. The first-order valence-corrected chi connectivity index (χ1v) is 10.6. The molecule has 0 radical (unpaired) electrons. The summed E-state index contributed by atoms with van der Waals surface area (Å²) in [4.78, 5) is 6.87. The van der Waals surface area contributed by atoms with Crippen LogP contribution in [0.4, 0.5) is 5.69 Å². The third-order valence-corrected chi connectivity index (χ3v) is 6.50. The van der Waals surface area contributed by atoms with Gasteiger partial charge in [-0.3, -0.25) is 4.98 Å². The van der Waals surface area contributed by atoms with Crippen LogP contribution in [0.5, 0.6) is 11.5 Å². The van der Waals surface area contributed by atoms with E-state index in [2.05, 4.69) is 4.98 Å². The normalized spacial score (nSPS) is 11.4.